The molecule has 0 aliphatic heterocycles. The number of aromatic nitrogens is 1. The first kappa shape index (κ1) is 15.6. The number of rotatable bonds is 6. The second-order valence-corrected chi connectivity index (χ2v) is 5.05. The maximum atomic E-state index is 13.6. The van der Waals surface area contributed by atoms with E-state index in [1.807, 2.05) is 0 Å². The van der Waals surface area contributed by atoms with Gasteiger partial charge < -0.3 is 9.73 Å². The normalized spacial score (nSPS) is 11.3. The Morgan fingerprint density at radius 2 is 1.95 bits per heavy atom. The van der Waals surface area contributed by atoms with Crippen molar-refractivity contribution >= 4 is 0 Å². The molecule has 0 radical (unpaired) electrons. The molecule has 2 rings (SSSR count). The second kappa shape index (κ2) is 6.76. The van der Waals surface area contributed by atoms with E-state index >= 15 is 0 Å². The highest BCUT2D eigenvalue weighted by molar-refractivity contribution is 5.57. The van der Waals surface area contributed by atoms with Crippen molar-refractivity contribution in [2.75, 3.05) is 6.54 Å². The third-order valence-electron chi connectivity index (χ3n) is 2.97. The maximum Gasteiger partial charge on any atom is 0.195 e. The average Bonchev–Trinajstić information content (AvgIpc) is 2.89. The molecule has 1 aromatic carbocycles. The van der Waals surface area contributed by atoms with E-state index in [2.05, 4.69) is 24.1 Å². The summed E-state index contributed by atoms with van der Waals surface area (Å²) >= 11 is 0. The number of hydrogen-bond acceptors (Lipinski definition) is 3. The summed E-state index contributed by atoms with van der Waals surface area (Å²) in [6, 6.07) is 2.40. The summed E-state index contributed by atoms with van der Waals surface area (Å²) in [5.41, 5.74) is -0.132. The lowest BCUT2D eigenvalue weighted by Crippen LogP contribution is -2.23. The standard InChI is InChI=1S/C15H17F3N2O/c1-9(2)19-7-3-4-13-20-8-12(21-13)10-5-6-11(16)15(18)14(10)17/h5-6,8-9,19H,3-4,7H2,1-2H3. The Bertz CT molecular complexity index is 611. The molecule has 0 saturated carbocycles. The Hall–Kier alpha value is -1.82. The van der Waals surface area contributed by atoms with Gasteiger partial charge in [-0.1, -0.05) is 13.8 Å². The van der Waals surface area contributed by atoms with Crippen LogP contribution in [0.3, 0.4) is 0 Å². The fraction of sp³-hybridized carbons (Fsp3) is 0.400. The molecule has 0 bridgehead atoms. The summed E-state index contributed by atoms with van der Waals surface area (Å²) in [6.07, 6.45) is 2.73. The van der Waals surface area contributed by atoms with Gasteiger partial charge in [0, 0.05) is 12.5 Å². The van der Waals surface area contributed by atoms with Crippen LogP contribution in [0, 0.1) is 17.5 Å². The minimum Gasteiger partial charge on any atom is -0.441 e. The molecule has 0 aliphatic carbocycles. The molecule has 0 saturated heterocycles. The summed E-state index contributed by atoms with van der Waals surface area (Å²) in [4.78, 5) is 4.03. The van der Waals surface area contributed by atoms with Crippen molar-refractivity contribution < 1.29 is 17.6 Å². The summed E-state index contributed by atoms with van der Waals surface area (Å²) < 4.78 is 45.1. The van der Waals surface area contributed by atoms with E-state index in [-0.39, 0.29) is 11.3 Å². The molecule has 6 heteroatoms. The molecule has 1 heterocycles. The predicted molar refractivity (Wildman–Crippen MR) is 73.3 cm³/mol. The lowest BCUT2D eigenvalue weighted by Gasteiger charge is -2.06. The molecule has 114 valence electrons. The van der Waals surface area contributed by atoms with Gasteiger partial charge in [-0.3, -0.25) is 0 Å². The largest absolute Gasteiger partial charge is 0.441 e. The van der Waals surface area contributed by atoms with Crippen molar-refractivity contribution in [3.8, 4) is 11.3 Å². The van der Waals surface area contributed by atoms with Crippen molar-refractivity contribution in [2.24, 2.45) is 0 Å². The number of halogens is 3. The Balaban J connectivity index is 2.05. The molecule has 0 spiro atoms. The molecule has 1 N–H and O–H groups in total. The Labute approximate surface area is 121 Å². The van der Waals surface area contributed by atoms with Crippen LogP contribution in [0.5, 0.6) is 0 Å². The lowest BCUT2D eigenvalue weighted by molar-refractivity contribution is 0.443. The fourth-order valence-corrected chi connectivity index (χ4v) is 1.90. The molecule has 0 fully saturated rings. The quantitative estimate of drug-likeness (QED) is 0.653. The zero-order chi connectivity index (χ0) is 15.4. The van der Waals surface area contributed by atoms with Gasteiger partial charge >= 0.3 is 0 Å². The van der Waals surface area contributed by atoms with Crippen LogP contribution in [0.4, 0.5) is 13.2 Å². The Morgan fingerprint density at radius 3 is 2.67 bits per heavy atom. The predicted octanol–water partition coefficient (Wildman–Crippen LogP) is 3.69. The summed E-state index contributed by atoms with van der Waals surface area (Å²) in [5, 5.41) is 3.26. The topological polar surface area (TPSA) is 38.1 Å². The van der Waals surface area contributed by atoms with Gasteiger partial charge in [-0.15, -0.1) is 0 Å². The van der Waals surface area contributed by atoms with Crippen molar-refractivity contribution in [2.45, 2.75) is 32.7 Å². The summed E-state index contributed by atoms with van der Waals surface area (Å²) in [6.45, 7) is 4.92. The van der Waals surface area contributed by atoms with Crippen molar-refractivity contribution in [3.05, 3.63) is 41.7 Å². The van der Waals surface area contributed by atoms with Crippen LogP contribution >= 0.6 is 0 Å². The van der Waals surface area contributed by atoms with Crippen molar-refractivity contribution in [1.82, 2.24) is 10.3 Å². The first-order chi connectivity index (χ1) is 9.99. The lowest BCUT2D eigenvalue weighted by atomic mass is 10.1. The molecule has 0 aliphatic rings. The SMILES string of the molecule is CC(C)NCCCc1ncc(-c2ccc(F)c(F)c2F)o1. The van der Waals surface area contributed by atoms with E-state index < -0.39 is 17.5 Å². The number of nitrogens with zero attached hydrogens (tertiary/aromatic N) is 1. The van der Waals surface area contributed by atoms with E-state index in [0.29, 0.717) is 18.4 Å². The molecule has 1 aromatic heterocycles. The Kier molecular flexibility index (Phi) is 5.01. The first-order valence-electron chi connectivity index (χ1n) is 6.81. The van der Waals surface area contributed by atoms with E-state index in [4.69, 9.17) is 4.42 Å². The third-order valence-corrected chi connectivity index (χ3v) is 2.97. The van der Waals surface area contributed by atoms with Crippen LogP contribution in [-0.2, 0) is 6.42 Å². The molecular formula is C15H17F3N2O. The number of benzene rings is 1. The second-order valence-electron chi connectivity index (χ2n) is 5.05. The molecular weight excluding hydrogens is 281 g/mol. The number of nitrogens with one attached hydrogen (secondary N) is 1. The van der Waals surface area contributed by atoms with Crippen LogP contribution in [0.1, 0.15) is 26.2 Å². The van der Waals surface area contributed by atoms with E-state index in [9.17, 15) is 13.2 Å². The van der Waals surface area contributed by atoms with E-state index in [1.165, 1.54) is 6.20 Å². The number of oxazole rings is 1. The van der Waals surface area contributed by atoms with Gasteiger partial charge in [-0.2, -0.15) is 0 Å². The first-order valence-corrected chi connectivity index (χ1v) is 6.81. The maximum absolute atomic E-state index is 13.6. The number of aryl methyl sites for hydroxylation is 1. The zero-order valence-corrected chi connectivity index (χ0v) is 11.9. The van der Waals surface area contributed by atoms with Gasteiger partial charge in [-0.25, -0.2) is 18.2 Å². The monoisotopic (exact) mass is 298 g/mol. The van der Waals surface area contributed by atoms with E-state index in [1.54, 1.807) is 0 Å². The average molecular weight is 298 g/mol. The smallest absolute Gasteiger partial charge is 0.195 e. The molecule has 0 atom stereocenters. The van der Waals surface area contributed by atoms with Gasteiger partial charge in [0.25, 0.3) is 0 Å². The van der Waals surface area contributed by atoms with Gasteiger partial charge in [0.2, 0.25) is 0 Å². The highest BCUT2D eigenvalue weighted by Crippen LogP contribution is 2.26. The third kappa shape index (κ3) is 3.85. The van der Waals surface area contributed by atoms with Crippen molar-refractivity contribution in [1.29, 1.82) is 0 Å². The molecule has 0 amide bonds. The van der Waals surface area contributed by atoms with Crippen LogP contribution in [0.25, 0.3) is 11.3 Å². The Morgan fingerprint density at radius 1 is 1.19 bits per heavy atom. The van der Waals surface area contributed by atoms with Gasteiger partial charge in [0.15, 0.2) is 29.1 Å². The number of hydrogen-bond donors (Lipinski definition) is 1. The van der Waals surface area contributed by atoms with Gasteiger partial charge in [-0.05, 0) is 25.1 Å². The minimum absolute atomic E-state index is 0.0956. The molecule has 2 aromatic rings. The summed E-state index contributed by atoms with van der Waals surface area (Å²) in [5.74, 6) is -3.46. The van der Waals surface area contributed by atoms with Crippen LogP contribution in [0.2, 0.25) is 0 Å². The van der Waals surface area contributed by atoms with Crippen LogP contribution in [0.15, 0.2) is 22.7 Å². The molecule has 3 nitrogen and oxygen atoms in total. The highest BCUT2D eigenvalue weighted by Gasteiger charge is 2.17. The highest BCUT2D eigenvalue weighted by atomic mass is 19.2. The van der Waals surface area contributed by atoms with E-state index in [0.717, 1.165) is 25.1 Å². The molecule has 0 unspecified atom stereocenters. The minimum atomic E-state index is -1.51. The van der Waals surface area contributed by atoms with Gasteiger partial charge in [0.1, 0.15) is 0 Å². The molecule has 21 heavy (non-hydrogen) atoms. The zero-order valence-electron chi connectivity index (χ0n) is 11.9. The fourth-order valence-electron chi connectivity index (χ4n) is 1.90. The van der Waals surface area contributed by atoms with Gasteiger partial charge in [0.05, 0.1) is 11.8 Å². The van der Waals surface area contributed by atoms with Crippen LogP contribution < -0.4 is 5.32 Å². The summed E-state index contributed by atoms with van der Waals surface area (Å²) in [7, 11) is 0. The van der Waals surface area contributed by atoms with Crippen LogP contribution in [-0.4, -0.2) is 17.6 Å². The van der Waals surface area contributed by atoms with Crippen molar-refractivity contribution in [3.63, 3.8) is 0 Å².